The molecule has 0 radical (unpaired) electrons. The molecule has 0 spiro atoms. The lowest BCUT2D eigenvalue weighted by molar-refractivity contribution is 0.481. The van der Waals surface area contributed by atoms with E-state index in [2.05, 4.69) is 0 Å². The Morgan fingerprint density at radius 1 is 0.941 bits per heavy atom. The molecule has 2 aromatic rings. The summed E-state index contributed by atoms with van der Waals surface area (Å²) in [5.74, 6) is 0.692. The molecule has 2 aromatic carbocycles. The lowest BCUT2D eigenvalue weighted by Crippen LogP contribution is -1.85. The summed E-state index contributed by atoms with van der Waals surface area (Å²) in [7, 11) is 0. The second-order valence-electron chi connectivity index (χ2n) is 3.13. The van der Waals surface area contributed by atoms with Crippen molar-refractivity contribution in [1.82, 2.24) is 0 Å². The SMILES string of the molecule is Fc1ccc(Oc2ccc(Cl)cc2Cl)cc1.O. The van der Waals surface area contributed by atoms with Gasteiger partial charge < -0.3 is 10.2 Å². The Balaban J connectivity index is 0.00000144. The number of halogens is 3. The van der Waals surface area contributed by atoms with Crippen LogP contribution < -0.4 is 4.74 Å². The summed E-state index contributed by atoms with van der Waals surface area (Å²) in [5.41, 5.74) is 0. The Morgan fingerprint density at radius 3 is 2.18 bits per heavy atom. The molecule has 90 valence electrons. The van der Waals surface area contributed by atoms with Crippen LogP contribution in [0.4, 0.5) is 4.39 Å². The fourth-order valence-corrected chi connectivity index (χ4v) is 1.63. The largest absolute Gasteiger partial charge is 0.456 e. The van der Waals surface area contributed by atoms with E-state index in [0.717, 1.165) is 0 Å². The van der Waals surface area contributed by atoms with Crippen molar-refractivity contribution in [2.75, 3.05) is 0 Å². The van der Waals surface area contributed by atoms with Crippen molar-refractivity contribution < 1.29 is 14.6 Å². The van der Waals surface area contributed by atoms with Crippen LogP contribution in [0.1, 0.15) is 0 Å². The Labute approximate surface area is 108 Å². The zero-order valence-electron chi connectivity index (χ0n) is 8.58. The van der Waals surface area contributed by atoms with Crippen LogP contribution in [0.3, 0.4) is 0 Å². The minimum Gasteiger partial charge on any atom is -0.456 e. The maximum Gasteiger partial charge on any atom is 0.146 e. The molecule has 2 N–H and O–H groups in total. The minimum atomic E-state index is -0.311. The summed E-state index contributed by atoms with van der Waals surface area (Å²) in [6, 6.07) is 10.6. The van der Waals surface area contributed by atoms with E-state index >= 15 is 0 Å². The summed E-state index contributed by atoms with van der Waals surface area (Å²) < 4.78 is 18.1. The molecular weight excluding hydrogens is 266 g/mol. The molecule has 0 aromatic heterocycles. The third-order valence-electron chi connectivity index (χ3n) is 1.94. The Morgan fingerprint density at radius 2 is 1.59 bits per heavy atom. The minimum absolute atomic E-state index is 0. The second-order valence-corrected chi connectivity index (χ2v) is 3.97. The molecule has 0 bridgehead atoms. The van der Waals surface area contributed by atoms with Gasteiger partial charge in [0, 0.05) is 5.02 Å². The van der Waals surface area contributed by atoms with Gasteiger partial charge >= 0.3 is 0 Å². The summed E-state index contributed by atoms with van der Waals surface area (Å²) in [6.45, 7) is 0. The Bertz CT molecular complexity index is 500. The number of hydrogen-bond acceptors (Lipinski definition) is 1. The van der Waals surface area contributed by atoms with Crippen molar-refractivity contribution in [2.24, 2.45) is 0 Å². The molecule has 0 amide bonds. The van der Waals surface area contributed by atoms with E-state index in [9.17, 15) is 4.39 Å². The third-order valence-corrected chi connectivity index (χ3v) is 2.47. The lowest BCUT2D eigenvalue weighted by atomic mass is 10.3. The highest BCUT2D eigenvalue weighted by molar-refractivity contribution is 6.35. The summed E-state index contributed by atoms with van der Waals surface area (Å²) in [5, 5.41) is 0.952. The molecule has 0 aliphatic heterocycles. The van der Waals surface area contributed by atoms with Gasteiger partial charge in [0.25, 0.3) is 0 Å². The monoisotopic (exact) mass is 274 g/mol. The second kappa shape index (κ2) is 5.87. The van der Waals surface area contributed by atoms with Gasteiger partial charge in [-0.2, -0.15) is 0 Å². The Kier molecular flexibility index (Phi) is 4.75. The van der Waals surface area contributed by atoms with Crippen LogP contribution in [0.2, 0.25) is 10.0 Å². The molecule has 0 unspecified atom stereocenters. The standard InChI is InChI=1S/C12H7Cl2FO.H2O/c13-8-1-6-12(11(14)7-8)16-10-4-2-9(15)3-5-10;/h1-7H;1H2. The highest BCUT2D eigenvalue weighted by atomic mass is 35.5. The van der Waals surface area contributed by atoms with Gasteiger partial charge in [0.2, 0.25) is 0 Å². The Hall–Kier alpha value is -1.29. The molecule has 0 saturated heterocycles. The van der Waals surface area contributed by atoms with Gasteiger partial charge in [-0.05, 0) is 42.5 Å². The molecule has 0 aliphatic rings. The first kappa shape index (κ1) is 13.8. The van der Waals surface area contributed by atoms with E-state index in [1.807, 2.05) is 0 Å². The zero-order valence-corrected chi connectivity index (χ0v) is 10.1. The maximum atomic E-state index is 12.7. The van der Waals surface area contributed by atoms with Gasteiger partial charge in [0.05, 0.1) is 5.02 Å². The van der Waals surface area contributed by atoms with Crippen molar-refractivity contribution in [3.8, 4) is 11.5 Å². The molecular formula is C12H9Cl2FO2. The summed E-state index contributed by atoms with van der Waals surface area (Å²) in [4.78, 5) is 0. The van der Waals surface area contributed by atoms with Crippen molar-refractivity contribution in [1.29, 1.82) is 0 Å². The van der Waals surface area contributed by atoms with Gasteiger partial charge in [0.15, 0.2) is 0 Å². The first-order valence-corrected chi connectivity index (χ1v) is 5.29. The van der Waals surface area contributed by atoms with Crippen LogP contribution in [-0.4, -0.2) is 5.48 Å². The highest BCUT2D eigenvalue weighted by Gasteiger charge is 2.03. The van der Waals surface area contributed by atoms with E-state index in [1.54, 1.807) is 18.2 Å². The number of rotatable bonds is 2. The van der Waals surface area contributed by atoms with Crippen LogP contribution in [0.25, 0.3) is 0 Å². The smallest absolute Gasteiger partial charge is 0.146 e. The zero-order chi connectivity index (χ0) is 11.5. The number of hydrogen-bond donors (Lipinski definition) is 0. The first-order valence-electron chi connectivity index (χ1n) is 4.53. The van der Waals surface area contributed by atoms with E-state index in [1.165, 1.54) is 24.3 Å². The van der Waals surface area contributed by atoms with Crippen LogP contribution in [0.5, 0.6) is 11.5 Å². The van der Waals surface area contributed by atoms with Gasteiger partial charge in [-0.3, -0.25) is 0 Å². The predicted molar refractivity (Wildman–Crippen MR) is 66.5 cm³/mol. The number of benzene rings is 2. The van der Waals surface area contributed by atoms with Crippen molar-refractivity contribution in [3.63, 3.8) is 0 Å². The topological polar surface area (TPSA) is 40.7 Å². The fourth-order valence-electron chi connectivity index (χ4n) is 1.19. The van der Waals surface area contributed by atoms with Crippen LogP contribution in [-0.2, 0) is 0 Å². The third kappa shape index (κ3) is 3.60. The van der Waals surface area contributed by atoms with Crippen molar-refractivity contribution in [2.45, 2.75) is 0 Å². The normalized spacial score (nSPS) is 9.59. The summed E-state index contributed by atoms with van der Waals surface area (Å²) in [6.07, 6.45) is 0. The van der Waals surface area contributed by atoms with E-state index < -0.39 is 0 Å². The highest BCUT2D eigenvalue weighted by Crippen LogP contribution is 2.31. The maximum absolute atomic E-state index is 12.7. The molecule has 17 heavy (non-hydrogen) atoms. The average molecular weight is 275 g/mol. The number of ether oxygens (including phenoxy) is 1. The predicted octanol–water partition coefficient (Wildman–Crippen LogP) is 4.10. The van der Waals surface area contributed by atoms with Gasteiger partial charge in [0.1, 0.15) is 17.3 Å². The van der Waals surface area contributed by atoms with E-state index in [0.29, 0.717) is 21.5 Å². The molecule has 2 rings (SSSR count). The lowest BCUT2D eigenvalue weighted by Gasteiger charge is -2.07. The molecule has 0 fully saturated rings. The van der Waals surface area contributed by atoms with Gasteiger partial charge in [-0.15, -0.1) is 0 Å². The van der Waals surface area contributed by atoms with Crippen molar-refractivity contribution in [3.05, 3.63) is 58.3 Å². The van der Waals surface area contributed by atoms with Crippen LogP contribution >= 0.6 is 23.2 Å². The van der Waals surface area contributed by atoms with Gasteiger partial charge in [-0.1, -0.05) is 23.2 Å². The quantitative estimate of drug-likeness (QED) is 0.813. The molecule has 2 nitrogen and oxygen atoms in total. The first-order chi connectivity index (χ1) is 7.65. The average Bonchev–Trinajstić information content (AvgIpc) is 2.25. The molecule has 0 aliphatic carbocycles. The van der Waals surface area contributed by atoms with E-state index in [4.69, 9.17) is 27.9 Å². The summed E-state index contributed by atoms with van der Waals surface area (Å²) >= 11 is 11.7. The molecule has 0 atom stereocenters. The van der Waals surface area contributed by atoms with Crippen molar-refractivity contribution >= 4 is 23.2 Å². The van der Waals surface area contributed by atoms with Crippen LogP contribution in [0.15, 0.2) is 42.5 Å². The fraction of sp³-hybridized carbons (Fsp3) is 0. The van der Waals surface area contributed by atoms with E-state index in [-0.39, 0.29) is 11.3 Å². The molecule has 0 saturated carbocycles. The molecule has 5 heteroatoms. The van der Waals surface area contributed by atoms with Gasteiger partial charge in [-0.25, -0.2) is 4.39 Å². The molecule has 0 heterocycles. The van der Waals surface area contributed by atoms with Crippen LogP contribution in [0, 0.1) is 5.82 Å².